The number of aromatic nitrogens is 1. The van der Waals surface area contributed by atoms with Crippen molar-refractivity contribution >= 4 is 5.69 Å². The van der Waals surface area contributed by atoms with Crippen LogP contribution in [0.15, 0.2) is 12.1 Å². The van der Waals surface area contributed by atoms with Crippen molar-refractivity contribution in [1.82, 2.24) is 4.98 Å². The highest BCUT2D eigenvalue weighted by Gasteiger charge is 2.26. The largest absolute Gasteiger partial charge is 0.476 e. The Bertz CT molecular complexity index is 455. The number of pyridine rings is 1. The van der Waals surface area contributed by atoms with Crippen LogP contribution < -0.4 is 15.2 Å². The van der Waals surface area contributed by atoms with Crippen LogP contribution in [0.5, 0.6) is 11.8 Å². The predicted octanol–water partition coefficient (Wildman–Crippen LogP) is 3.03. The van der Waals surface area contributed by atoms with Crippen LogP contribution in [0.2, 0.25) is 0 Å². The Morgan fingerprint density at radius 3 is 2.57 bits per heavy atom. The van der Waals surface area contributed by atoms with Crippen molar-refractivity contribution in [2.45, 2.75) is 58.8 Å². The van der Waals surface area contributed by atoms with Gasteiger partial charge in [0.15, 0.2) is 0 Å². The molecule has 0 aromatic carbocycles. The van der Waals surface area contributed by atoms with Gasteiger partial charge in [-0.05, 0) is 25.8 Å². The highest BCUT2D eigenvalue weighted by Crippen LogP contribution is 2.27. The lowest BCUT2D eigenvalue weighted by molar-refractivity contribution is -0.0730. The van der Waals surface area contributed by atoms with Gasteiger partial charge in [-0.3, -0.25) is 0 Å². The second-order valence-electron chi connectivity index (χ2n) is 6.22. The Morgan fingerprint density at radius 1 is 1.29 bits per heavy atom. The zero-order chi connectivity index (χ0) is 15.4. The monoisotopic (exact) mass is 294 g/mol. The molecule has 1 aliphatic rings. The first kappa shape index (κ1) is 15.9. The van der Waals surface area contributed by atoms with Crippen molar-refractivity contribution in [1.29, 1.82) is 0 Å². The number of ether oxygens (including phenoxy) is 3. The van der Waals surface area contributed by atoms with E-state index in [9.17, 15) is 0 Å². The summed E-state index contributed by atoms with van der Waals surface area (Å²) in [6.45, 7) is 8.90. The topological polar surface area (TPSA) is 66.6 Å². The van der Waals surface area contributed by atoms with Gasteiger partial charge >= 0.3 is 0 Å². The molecule has 1 aliphatic heterocycles. The van der Waals surface area contributed by atoms with Gasteiger partial charge < -0.3 is 19.9 Å². The average molecular weight is 294 g/mol. The van der Waals surface area contributed by atoms with E-state index < -0.39 is 0 Å². The molecule has 2 rings (SSSR count). The molecular weight excluding hydrogens is 268 g/mol. The van der Waals surface area contributed by atoms with Crippen molar-refractivity contribution in [2.75, 3.05) is 12.3 Å². The highest BCUT2D eigenvalue weighted by molar-refractivity contribution is 5.49. The zero-order valence-corrected chi connectivity index (χ0v) is 13.3. The molecular formula is C16H26N2O3. The van der Waals surface area contributed by atoms with Crippen LogP contribution in [0.1, 0.15) is 40.5 Å². The van der Waals surface area contributed by atoms with E-state index in [1.807, 2.05) is 0 Å². The summed E-state index contributed by atoms with van der Waals surface area (Å²) in [7, 11) is 0. The number of hydrogen-bond donors (Lipinski definition) is 1. The normalized spacial score (nSPS) is 25.9. The lowest BCUT2D eigenvalue weighted by atomic mass is 10.0. The molecule has 1 aromatic heterocycles. The molecule has 0 saturated carbocycles. The standard InChI is InChI=1S/C16H26N2O3/c1-10(2)9-19-16-14(17)5-6-15(18-16)21-13-7-11(3)20-12(4)8-13/h5-6,10-13H,7-9,17H2,1-4H3. The summed E-state index contributed by atoms with van der Waals surface area (Å²) < 4.78 is 17.3. The van der Waals surface area contributed by atoms with E-state index in [2.05, 4.69) is 32.7 Å². The number of rotatable bonds is 5. The molecule has 2 atom stereocenters. The Kier molecular flexibility index (Phi) is 5.28. The Balaban J connectivity index is 2.01. The van der Waals surface area contributed by atoms with E-state index in [1.165, 1.54) is 0 Å². The van der Waals surface area contributed by atoms with Crippen molar-refractivity contribution in [3.8, 4) is 11.8 Å². The molecule has 5 heteroatoms. The molecule has 21 heavy (non-hydrogen) atoms. The van der Waals surface area contributed by atoms with Gasteiger partial charge in [-0.1, -0.05) is 13.8 Å². The van der Waals surface area contributed by atoms with Crippen LogP contribution in [0.4, 0.5) is 5.69 Å². The second-order valence-corrected chi connectivity index (χ2v) is 6.22. The van der Waals surface area contributed by atoms with E-state index in [0.717, 1.165) is 12.8 Å². The van der Waals surface area contributed by atoms with Gasteiger partial charge in [0.1, 0.15) is 6.10 Å². The first-order valence-electron chi connectivity index (χ1n) is 7.65. The molecule has 0 spiro atoms. The van der Waals surface area contributed by atoms with Crippen molar-refractivity contribution in [3.05, 3.63) is 12.1 Å². The number of hydrogen-bond acceptors (Lipinski definition) is 5. The first-order chi connectivity index (χ1) is 9.94. The predicted molar refractivity (Wildman–Crippen MR) is 82.6 cm³/mol. The molecule has 118 valence electrons. The molecule has 0 amide bonds. The van der Waals surface area contributed by atoms with Gasteiger partial charge in [0.2, 0.25) is 11.8 Å². The van der Waals surface area contributed by atoms with E-state index in [1.54, 1.807) is 12.1 Å². The van der Waals surface area contributed by atoms with Gasteiger partial charge in [-0.25, -0.2) is 0 Å². The lowest BCUT2D eigenvalue weighted by Gasteiger charge is -2.32. The minimum absolute atomic E-state index is 0.123. The molecule has 1 fully saturated rings. The van der Waals surface area contributed by atoms with Gasteiger partial charge in [0.05, 0.1) is 24.5 Å². The third kappa shape index (κ3) is 4.77. The van der Waals surface area contributed by atoms with Crippen LogP contribution in [0.25, 0.3) is 0 Å². The van der Waals surface area contributed by atoms with Gasteiger partial charge in [-0.2, -0.15) is 4.98 Å². The summed E-state index contributed by atoms with van der Waals surface area (Å²) >= 11 is 0. The molecule has 1 aromatic rings. The van der Waals surface area contributed by atoms with Crippen LogP contribution in [-0.2, 0) is 4.74 Å². The first-order valence-corrected chi connectivity index (χ1v) is 7.65. The number of nitrogens with zero attached hydrogens (tertiary/aromatic N) is 1. The van der Waals surface area contributed by atoms with Crippen molar-refractivity contribution in [3.63, 3.8) is 0 Å². The Labute approximate surface area is 126 Å². The number of anilines is 1. The lowest BCUT2D eigenvalue weighted by Crippen LogP contribution is -2.35. The van der Waals surface area contributed by atoms with Crippen LogP contribution in [0, 0.1) is 5.92 Å². The molecule has 0 radical (unpaired) electrons. The minimum Gasteiger partial charge on any atom is -0.476 e. The van der Waals surface area contributed by atoms with Crippen molar-refractivity contribution in [2.24, 2.45) is 5.92 Å². The number of nitrogens with two attached hydrogens (primary N) is 1. The number of nitrogen functional groups attached to an aromatic ring is 1. The Hall–Kier alpha value is -1.49. The van der Waals surface area contributed by atoms with E-state index in [0.29, 0.717) is 30.0 Å². The summed E-state index contributed by atoms with van der Waals surface area (Å²) in [5.74, 6) is 1.44. The summed E-state index contributed by atoms with van der Waals surface area (Å²) in [4.78, 5) is 4.38. The fourth-order valence-electron chi connectivity index (χ4n) is 2.47. The van der Waals surface area contributed by atoms with Gasteiger partial charge in [-0.15, -0.1) is 0 Å². The molecule has 1 saturated heterocycles. The quantitative estimate of drug-likeness (QED) is 0.904. The summed E-state index contributed by atoms with van der Waals surface area (Å²) in [6, 6.07) is 3.58. The smallest absolute Gasteiger partial charge is 0.240 e. The SMILES string of the molecule is CC(C)COc1nc(OC2CC(C)OC(C)C2)ccc1N. The van der Waals surface area contributed by atoms with E-state index in [-0.39, 0.29) is 18.3 Å². The summed E-state index contributed by atoms with van der Waals surface area (Å²) in [6.07, 6.45) is 2.29. The van der Waals surface area contributed by atoms with Crippen LogP contribution >= 0.6 is 0 Å². The highest BCUT2D eigenvalue weighted by atomic mass is 16.5. The maximum Gasteiger partial charge on any atom is 0.240 e. The molecule has 2 heterocycles. The minimum atomic E-state index is 0.123. The van der Waals surface area contributed by atoms with Crippen molar-refractivity contribution < 1.29 is 14.2 Å². The maximum absolute atomic E-state index is 5.97. The van der Waals surface area contributed by atoms with Gasteiger partial charge in [0, 0.05) is 18.9 Å². The fourth-order valence-corrected chi connectivity index (χ4v) is 2.47. The Morgan fingerprint density at radius 2 is 1.95 bits per heavy atom. The van der Waals surface area contributed by atoms with Gasteiger partial charge in [0.25, 0.3) is 0 Å². The molecule has 5 nitrogen and oxygen atoms in total. The molecule has 2 unspecified atom stereocenters. The zero-order valence-electron chi connectivity index (χ0n) is 13.3. The summed E-state index contributed by atoms with van der Waals surface area (Å²) in [5, 5.41) is 0. The fraction of sp³-hybridized carbons (Fsp3) is 0.688. The second kappa shape index (κ2) is 6.98. The van der Waals surface area contributed by atoms with E-state index >= 15 is 0 Å². The average Bonchev–Trinajstić information content (AvgIpc) is 2.38. The molecule has 0 aliphatic carbocycles. The molecule has 2 N–H and O–H groups in total. The van der Waals surface area contributed by atoms with E-state index in [4.69, 9.17) is 19.9 Å². The van der Waals surface area contributed by atoms with Crippen LogP contribution in [-0.4, -0.2) is 29.9 Å². The third-order valence-corrected chi connectivity index (χ3v) is 3.36. The molecule has 0 bridgehead atoms. The third-order valence-electron chi connectivity index (χ3n) is 3.36. The maximum atomic E-state index is 5.97. The van der Waals surface area contributed by atoms with Crippen LogP contribution in [0.3, 0.4) is 0 Å². The summed E-state index contributed by atoms with van der Waals surface area (Å²) in [5.41, 5.74) is 6.43.